The van der Waals surface area contributed by atoms with Crippen LogP contribution in [0.2, 0.25) is 0 Å². The maximum atomic E-state index is 11.8. The molecule has 0 fully saturated rings. The van der Waals surface area contributed by atoms with Gasteiger partial charge in [-0.2, -0.15) is 5.10 Å². The van der Waals surface area contributed by atoms with Gasteiger partial charge in [-0.15, -0.1) is 0 Å². The molecule has 0 N–H and O–H groups in total. The van der Waals surface area contributed by atoms with Gasteiger partial charge in [0.1, 0.15) is 0 Å². The van der Waals surface area contributed by atoms with Crippen molar-refractivity contribution in [3.05, 3.63) is 35.4 Å². The zero-order valence-electron chi connectivity index (χ0n) is 9.90. The van der Waals surface area contributed by atoms with E-state index < -0.39 is 0 Å². The summed E-state index contributed by atoms with van der Waals surface area (Å²) in [5.41, 5.74) is 3.23. The van der Waals surface area contributed by atoms with Crippen LogP contribution in [0.3, 0.4) is 0 Å². The summed E-state index contributed by atoms with van der Waals surface area (Å²) in [4.78, 5) is 11.8. The Morgan fingerprint density at radius 1 is 1.38 bits per heavy atom. The van der Waals surface area contributed by atoms with Crippen molar-refractivity contribution in [3.63, 3.8) is 0 Å². The first-order chi connectivity index (χ1) is 7.58. The predicted octanol–water partition coefficient (Wildman–Crippen LogP) is 2.35. The molecule has 0 aliphatic carbocycles. The number of carbonyl (C=O) groups is 1. The lowest BCUT2D eigenvalue weighted by atomic mass is 10.1. The van der Waals surface area contributed by atoms with Gasteiger partial charge in [-0.25, -0.2) is 5.01 Å². The molecule has 2 rings (SSSR count). The largest absolute Gasteiger partial charge is 0.272 e. The van der Waals surface area contributed by atoms with Crippen molar-refractivity contribution in [1.82, 2.24) is 5.01 Å². The minimum absolute atomic E-state index is 0.0650. The average molecular weight is 216 g/mol. The highest BCUT2D eigenvalue weighted by Crippen LogP contribution is 2.18. The summed E-state index contributed by atoms with van der Waals surface area (Å²) in [6.45, 7) is 6.42. The molecular weight excluding hydrogens is 200 g/mol. The first kappa shape index (κ1) is 10.9. The van der Waals surface area contributed by atoms with Gasteiger partial charge < -0.3 is 0 Å². The Hall–Kier alpha value is -1.64. The van der Waals surface area contributed by atoms with Crippen LogP contribution in [-0.4, -0.2) is 16.6 Å². The summed E-state index contributed by atoms with van der Waals surface area (Å²) in [7, 11) is 0. The predicted molar refractivity (Wildman–Crippen MR) is 64.0 cm³/mol. The number of carbonyl (C=O) groups excluding carboxylic acids is 1. The van der Waals surface area contributed by atoms with Crippen molar-refractivity contribution in [3.8, 4) is 0 Å². The van der Waals surface area contributed by atoms with Crippen LogP contribution in [-0.2, 0) is 11.3 Å². The molecule has 0 bridgehead atoms. The average Bonchev–Trinajstić information content (AvgIpc) is 2.47. The second-order valence-electron chi connectivity index (χ2n) is 4.35. The number of benzene rings is 1. The topological polar surface area (TPSA) is 32.7 Å². The molecule has 3 nitrogen and oxygen atoms in total. The molecule has 1 atom stereocenters. The Balaban J connectivity index is 2.15. The van der Waals surface area contributed by atoms with Gasteiger partial charge in [-0.3, -0.25) is 4.79 Å². The van der Waals surface area contributed by atoms with Crippen LogP contribution in [0.1, 0.15) is 25.0 Å². The molecule has 1 heterocycles. The molecule has 1 aliphatic heterocycles. The van der Waals surface area contributed by atoms with E-state index in [4.69, 9.17) is 0 Å². The van der Waals surface area contributed by atoms with Gasteiger partial charge in [-0.1, -0.05) is 29.8 Å². The van der Waals surface area contributed by atoms with Gasteiger partial charge in [0.25, 0.3) is 5.91 Å². The number of hydrogen-bond donors (Lipinski definition) is 0. The molecule has 0 radical (unpaired) electrons. The van der Waals surface area contributed by atoms with Gasteiger partial charge in [-0.05, 0) is 26.3 Å². The second kappa shape index (κ2) is 4.08. The van der Waals surface area contributed by atoms with Crippen LogP contribution >= 0.6 is 0 Å². The van der Waals surface area contributed by atoms with E-state index in [1.807, 2.05) is 39.0 Å². The van der Waals surface area contributed by atoms with E-state index in [9.17, 15) is 4.79 Å². The summed E-state index contributed by atoms with van der Waals surface area (Å²) in [6.07, 6.45) is 0. The Morgan fingerprint density at radius 2 is 2.12 bits per heavy atom. The fourth-order valence-corrected chi connectivity index (χ4v) is 1.83. The van der Waals surface area contributed by atoms with E-state index >= 15 is 0 Å². The number of aryl methyl sites for hydroxylation is 1. The van der Waals surface area contributed by atoms with Crippen molar-refractivity contribution in [1.29, 1.82) is 0 Å². The van der Waals surface area contributed by atoms with E-state index in [2.05, 4.69) is 11.2 Å². The fourth-order valence-electron chi connectivity index (χ4n) is 1.83. The first-order valence-electron chi connectivity index (χ1n) is 5.50. The van der Waals surface area contributed by atoms with Crippen LogP contribution in [0.25, 0.3) is 0 Å². The number of hydrogen-bond acceptors (Lipinski definition) is 2. The highest BCUT2D eigenvalue weighted by Gasteiger charge is 2.29. The standard InChI is InChI=1S/C13H16N2O/c1-9-5-4-6-12(7-9)8-15-13(16)10(2)11(3)14-15/h4-7,10H,8H2,1-3H3. The summed E-state index contributed by atoms with van der Waals surface area (Å²) in [6, 6.07) is 8.16. The van der Waals surface area contributed by atoms with Gasteiger partial charge in [0.15, 0.2) is 0 Å². The Labute approximate surface area is 95.8 Å². The van der Waals surface area contributed by atoms with E-state index in [0.29, 0.717) is 6.54 Å². The van der Waals surface area contributed by atoms with Gasteiger partial charge in [0.2, 0.25) is 0 Å². The number of hydrazone groups is 1. The molecule has 0 aromatic heterocycles. The van der Waals surface area contributed by atoms with Crippen LogP contribution in [0.4, 0.5) is 0 Å². The number of amides is 1. The molecule has 3 heteroatoms. The monoisotopic (exact) mass is 216 g/mol. The van der Waals surface area contributed by atoms with E-state index in [1.54, 1.807) is 5.01 Å². The van der Waals surface area contributed by atoms with Crippen molar-refractivity contribution < 1.29 is 4.79 Å². The third-order valence-corrected chi connectivity index (χ3v) is 2.94. The second-order valence-corrected chi connectivity index (χ2v) is 4.35. The molecule has 1 amide bonds. The van der Waals surface area contributed by atoms with Gasteiger partial charge in [0.05, 0.1) is 12.5 Å². The molecule has 1 aromatic carbocycles. The molecule has 1 aliphatic rings. The van der Waals surface area contributed by atoms with Crippen molar-refractivity contribution >= 4 is 11.6 Å². The smallest absolute Gasteiger partial charge is 0.251 e. The van der Waals surface area contributed by atoms with E-state index in [1.165, 1.54) is 5.56 Å². The van der Waals surface area contributed by atoms with Crippen LogP contribution in [0.15, 0.2) is 29.4 Å². The highest BCUT2D eigenvalue weighted by molar-refractivity contribution is 6.06. The minimum Gasteiger partial charge on any atom is -0.272 e. The lowest BCUT2D eigenvalue weighted by Gasteiger charge is -2.13. The molecule has 0 saturated heterocycles. The Bertz CT molecular complexity index is 451. The highest BCUT2D eigenvalue weighted by atomic mass is 16.2. The molecular formula is C13H16N2O. The van der Waals surface area contributed by atoms with Gasteiger partial charge >= 0.3 is 0 Å². The molecule has 0 saturated carbocycles. The van der Waals surface area contributed by atoms with Crippen molar-refractivity contribution in [2.45, 2.75) is 27.3 Å². The molecule has 16 heavy (non-hydrogen) atoms. The van der Waals surface area contributed by atoms with Crippen LogP contribution in [0, 0.1) is 12.8 Å². The zero-order chi connectivity index (χ0) is 11.7. The minimum atomic E-state index is -0.0650. The molecule has 84 valence electrons. The summed E-state index contributed by atoms with van der Waals surface area (Å²) < 4.78 is 0. The molecule has 1 aromatic rings. The third kappa shape index (κ3) is 1.98. The van der Waals surface area contributed by atoms with E-state index in [-0.39, 0.29) is 11.8 Å². The lowest BCUT2D eigenvalue weighted by Crippen LogP contribution is -2.25. The third-order valence-electron chi connectivity index (χ3n) is 2.94. The summed E-state index contributed by atoms with van der Waals surface area (Å²) >= 11 is 0. The SMILES string of the molecule is CC1=NN(Cc2cccc(C)c2)C(=O)C1C. The first-order valence-corrected chi connectivity index (χ1v) is 5.50. The van der Waals surface area contributed by atoms with E-state index in [0.717, 1.165) is 11.3 Å². The van der Waals surface area contributed by atoms with Gasteiger partial charge in [0, 0.05) is 5.71 Å². The van der Waals surface area contributed by atoms with Crippen molar-refractivity contribution in [2.24, 2.45) is 11.0 Å². The lowest BCUT2D eigenvalue weighted by molar-refractivity contribution is -0.131. The number of nitrogens with zero attached hydrogens (tertiary/aromatic N) is 2. The molecule has 0 spiro atoms. The Morgan fingerprint density at radius 3 is 2.69 bits per heavy atom. The summed E-state index contributed by atoms with van der Waals surface area (Å²) in [5, 5.41) is 5.84. The molecule has 1 unspecified atom stereocenters. The normalized spacial score (nSPS) is 20.2. The maximum absolute atomic E-state index is 11.8. The van der Waals surface area contributed by atoms with Crippen molar-refractivity contribution in [2.75, 3.05) is 0 Å². The number of rotatable bonds is 2. The van der Waals surface area contributed by atoms with Crippen LogP contribution in [0.5, 0.6) is 0 Å². The quantitative estimate of drug-likeness (QED) is 0.747. The summed E-state index contributed by atoms with van der Waals surface area (Å²) in [5.74, 6) is 0.0313. The Kier molecular flexibility index (Phi) is 2.77. The zero-order valence-corrected chi connectivity index (χ0v) is 9.90. The maximum Gasteiger partial charge on any atom is 0.251 e. The van der Waals surface area contributed by atoms with Crippen LogP contribution < -0.4 is 0 Å². The fraction of sp³-hybridized carbons (Fsp3) is 0.385.